The quantitative estimate of drug-likeness (QED) is 0.163. The largest absolute Gasteiger partial charge is 0.495 e. The maximum Gasteiger partial charge on any atom is 0.287 e. The molecule has 4 aromatic rings. The molecule has 9 heteroatoms. The van der Waals surface area contributed by atoms with Gasteiger partial charge in [0.1, 0.15) is 23.0 Å². The molecule has 4 rings (SSSR count). The first-order valence-corrected chi connectivity index (χ1v) is 12.3. The summed E-state index contributed by atoms with van der Waals surface area (Å²) in [6, 6.07) is 25.0. The van der Waals surface area contributed by atoms with Crippen LogP contribution in [0, 0.1) is 0 Å². The lowest BCUT2D eigenvalue weighted by Gasteiger charge is -2.12. The lowest BCUT2D eigenvalue weighted by atomic mass is 10.1. The summed E-state index contributed by atoms with van der Waals surface area (Å²) in [4.78, 5) is 27.8. The number of hydrazone groups is 1. The number of nitrogens with one attached hydrogen (secondary N) is 2. The van der Waals surface area contributed by atoms with Crippen molar-refractivity contribution < 1.29 is 18.7 Å². The van der Waals surface area contributed by atoms with E-state index in [9.17, 15) is 9.59 Å². The van der Waals surface area contributed by atoms with Crippen LogP contribution in [0.1, 0.15) is 21.7 Å². The van der Waals surface area contributed by atoms with Crippen molar-refractivity contribution in [1.82, 2.24) is 10.7 Å². The van der Waals surface area contributed by atoms with E-state index >= 15 is 0 Å². The van der Waals surface area contributed by atoms with Crippen LogP contribution in [-0.2, 0) is 4.79 Å². The van der Waals surface area contributed by atoms with Gasteiger partial charge < -0.3 is 19.4 Å². The topological polar surface area (TPSA) is 96.2 Å². The van der Waals surface area contributed by atoms with Crippen LogP contribution in [-0.4, -0.2) is 39.2 Å². The van der Waals surface area contributed by atoms with Crippen molar-refractivity contribution in [2.75, 3.05) is 26.1 Å². The second-order valence-corrected chi connectivity index (χ2v) is 9.02. The second-order valence-electron chi connectivity index (χ2n) is 8.61. The van der Waals surface area contributed by atoms with E-state index in [0.717, 1.165) is 16.8 Å². The van der Waals surface area contributed by atoms with Gasteiger partial charge in [0.2, 0.25) is 0 Å². The van der Waals surface area contributed by atoms with Crippen molar-refractivity contribution in [3.63, 3.8) is 0 Å². The molecule has 1 aromatic heterocycles. The summed E-state index contributed by atoms with van der Waals surface area (Å²) in [5.74, 6) is 0.536. The van der Waals surface area contributed by atoms with Crippen molar-refractivity contribution in [2.45, 2.75) is 0 Å². The molecular weight excluding hydrogens is 516 g/mol. The second kappa shape index (κ2) is 12.6. The van der Waals surface area contributed by atoms with Crippen LogP contribution in [0.5, 0.6) is 5.75 Å². The number of rotatable bonds is 9. The number of ether oxygens (including phenoxy) is 1. The molecule has 0 atom stereocenters. The van der Waals surface area contributed by atoms with Crippen molar-refractivity contribution >= 4 is 41.4 Å². The summed E-state index contributed by atoms with van der Waals surface area (Å²) in [6.07, 6.45) is 2.96. The van der Waals surface area contributed by atoms with E-state index in [4.69, 9.17) is 20.8 Å². The third kappa shape index (κ3) is 7.15. The van der Waals surface area contributed by atoms with Crippen LogP contribution in [0.4, 0.5) is 5.69 Å². The van der Waals surface area contributed by atoms with Crippen LogP contribution in [0.25, 0.3) is 17.4 Å². The molecule has 0 saturated carbocycles. The van der Waals surface area contributed by atoms with Gasteiger partial charge in [0, 0.05) is 30.9 Å². The highest BCUT2D eigenvalue weighted by molar-refractivity contribution is 6.32. The van der Waals surface area contributed by atoms with E-state index < -0.39 is 11.8 Å². The van der Waals surface area contributed by atoms with Crippen molar-refractivity contribution in [3.8, 4) is 17.1 Å². The molecule has 0 saturated heterocycles. The zero-order valence-electron chi connectivity index (χ0n) is 21.6. The Morgan fingerprint density at radius 3 is 2.38 bits per heavy atom. The fraction of sp³-hybridized carbons (Fsp3) is 0.100. The Morgan fingerprint density at radius 1 is 0.974 bits per heavy atom. The molecule has 0 spiro atoms. The monoisotopic (exact) mass is 542 g/mol. The van der Waals surface area contributed by atoms with Crippen LogP contribution in [0.3, 0.4) is 0 Å². The molecule has 0 aliphatic heterocycles. The summed E-state index contributed by atoms with van der Waals surface area (Å²) in [7, 11) is 5.43. The molecule has 0 unspecified atom stereocenters. The number of hydrogen-bond acceptors (Lipinski definition) is 6. The molecule has 0 fully saturated rings. The highest BCUT2D eigenvalue weighted by atomic mass is 35.5. The van der Waals surface area contributed by atoms with E-state index in [-0.39, 0.29) is 5.70 Å². The summed E-state index contributed by atoms with van der Waals surface area (Å²) < 4.78 is 11.0. The third-order valence-electron chi connectivity index (χ3n) is 5.67. The standard InChI is InChI=1S/C30H27ClN4O4/c1-35(2)23-12-9-20(10-13-23)17-26(33-29(36)21-7-5-4-6-8-21)30(37)34-32-19-24-14-16-27(39-24)22-11-15-28(38-3)25(31)18-22/h4-19H,1-3H3,(H,33,36)(H,34,37)/b26-17-,32-19+. The van der Waals surface area contributed by atoms with Crippen LogP contribution in [0.15, 0.2) is 100 Å². The lowest BCUT2D eigenvalue weighted by Crippen LogP contribution is -2.32. The molecule has 0 aliphatic carbocycles. The van der Waals surface area contributed by atoms with Gasteiger partial charge in [-0.05, 0) is 66.2 Å². The Labute approximate surface area is 231 Å². The number of halogens is 1. The first-order chi connectivity index (χ1) is 18.8. The van der Waals surface area contributed by atoms with Crippen LogP contribution < -0.4 is 20.4 Å². The van der Waals surface area contributed by atoms with Gasteiger partial charge in [-0.25, -0.2) is 5.43 Å². The number of furan rings is 1. The average molecular weight is 543 g/mol. The van der Waals surface area contributed by atoms with E-state index in [2.05, 4.69) is 15.8 Å². The molecule has 0 bridgehead atoms. The SMILES string of the molecule is COc1ccc(-c2ccc(/C=N/NC(=O)/C(=C/c3ccc(N(C)C)cc3)NC(=O)c3ccccc3)o2)cc1Cl. The molecular formula is C30H27ClN4O4. The van der Waals surface area contributed by atoms with Gasteiger partial charge in [0.15, 0.2) is 0 Å². The van der Waals surface area contributed by atoms with E-state index in [0.29, 0.717) is 27.9 Å². The number of nitrogens with zero attached hydrogens (tertiary/aromatic N) is 2. The van der Waals surface area contributed by atoms with Crippen LogP contribution >= 0.6 is 11.6 Å². The number of anilines is 1. The van der Waals surface area contributed by atoms with Gasteiger partial charge in [-0.1, -0.05) is 41.9 Å². The van der Waals surface area contributed by atoms with Crippen molar-refractivity contribution in [3.05, 3.63) is 113 Å². The zero-order chi connectivity index (χ0) is 27.8. The summed E-state index contributed by atoms with van der Waals surface area (Å²) >= 11 is 6.21. The number of hydrogen-bond donors (Lipinski definition) is 2. The number of amides is 2. The summed E-state index contributed by atoms with van der Waals surface area (Å²) in [6.45, 7) is 0. The first kappa shape index (κ1) is 27.2. The zero-order valence-corrected chi connectivity index (χ0v) is 22.4. The Kier molecular flexibility index (Phi) is 8.81. The average Bonchev–Trinajstić information content (AvgIpc) is 3.42. The van der Waals surface area contributed by atoms with Crippen molar-refractivity contribution in [1.29, 1.82) is 0 Å². The van der Waals surface area contributed by atoms with Gasteiger partial charge in [-0.3, -0.25) is 9.59 Å². The maximum atomic E-state index is 13.0. The van der Waals surface area contributed by atoms with E-state index in [1.165, 1.54) is 6.21 Å². The third-order valence-corrected chi connectivity index (χ3v) is 5.97. The van der Waals surface area contributed by atoms with Gasteiger partial charge in [-0.2, -0.15) is 5.10 Å². The molecule has 39 heavy (non-hydrogen) atoms. The molecule has 2 N–H and O–H groups in total. The predicted octanol–water partition coefficient (Wildman–Crippen LogP) is 5.60. The maximum absolute atomic E-state index is 13.0. The number of methoxy groups -OCH3 is 1. The van der Waals surface area contributed by atoms with Gasteiger partial charge in [0.05, 0.1) is 18.3 Å². The Hall–Kier alpha value is -4.82. The Balaban J connectivity index is 1.50. The lowest BCUT2D eigenvalue weighted by molar-refractivity contribution is -0.117. The molecule has 8 nitrogen and oxygen atoms in total. The van der Waals surface area contributed by atoms with E-state index in [1.807, 2.05) is 55.4 Å². The Morgan fingerprint density at radius 2 is 1.72 bits per heavy atom. The molecule has 3 aromatic carbocycles. The van der Waals surface area contributed by atoms with Crippen LogP contribution in [0.2, 0.25) is 5.02 Å². The summed E-state index contributed by atoms with van der Waals surface area (Å²) in [5.41, 5.74) is 5.41. The predicted molar refractivity (Wildman–Crippen MR) is 154 cm³/mol. The highest BCUT2D eigenvalue weighted by Crippen LogP contribution is 2.30. The molecule has 1 heterocycles. The smallest absolute Gasteiger partial charge is 0.287 e. The summed E-state index contributed by atoms with van der Waals surface area (Å²) in [5, 5.41) is 7.16. The Bertz CT molecular complexity index is 1510. The minimum atomic E-state index is -0.596. The molecule has 198 valence electrons. The minimum absolute atomic E-state index is 0.0339. The molecule has 0 aliphatic rings. The van der Waals surface area contributed by atoms with Crippen molar-refractivity contribution in [2.24, 2.45) is 5.10 Å². The number of carbonyl (C=O) groups excluding carboxylic acids is 2. The number of benzene rings is 3. The molecule has 2 amide bonds. The fourth-order valence-corrected chi connectivity index (χ4v) is 3.85. The minimum Gasteiger partial charge on any atom is -0.495 e. The van der Waals surface area contributed by atoms with Gasteiger partial charge >= 0.3 is 0 Å². The number of carbonyl (C=O) groups is 2. The first-order valence-electron chi connectivity index (χ1n) is 12.0. The van der Waals surface area contributed by atoms with E-state index in [1.54, 1.807) is 61.7 Å². The fourth-order valence-electron chi connectivity index (χ4n) is 3.59. The normalized spacial score (nSPS) is 11.3. The van der Waals surface area contributed by atoms with Gasteiger partial charge in [0.25, 0.3) is 11.8 Å². The van der Waals surface area contributed by atoms with Gasteiger partial charge in [-0.15, -0.1) is 0 Å². The highest BCUT2D eigenvalue weighted by Gasteiger charge is 2.15. The molecule has 0 radical (unpaired) electrons.